The zero-order chi connectivity index (χ0) is 15.4. The van der Waals surface area contributed by atoms with E-state index in [2.05, 4.69) is 10.3 Å². The summed E-state index contributed by atoms with van der Waals surface area (Å²) in [5.74, 6) is -0.266. The Morgan fingerprint density at radius 1 is 1.33 bits per heavy atom. The zero-order valence-corrected chi connectivity index (χ0v) is 12.2. The van der Waals surface area contributed by atoms with Crippen molar-refractivity contribution in [2.45, 2.75) is 33.2 Å². The fraction of sp³-hybridized carbons (Fsp3) is 0.400. The molecule has 1 aromatic carbocycles. The van der Waals surface area contributed by atoms with Gasteiger partial charge in [0.1, 0.15) is 12.4 Å². The summed E-state index contributed by atoms with van der Waals surface area (Å²) in [6, 6.07) is 4.78. The highest BCUT2D eigenvalue weighted by Crippen LogP contribution is 2.18. The highest BCUT2D eigenvalue weighted by atomic mass is 16.4. The van der Waals surface area contributed by atoms with Crippen LogP contribution in [-0.2, 0) is 17.8 Å². The van der Waals surface area contributed by atoms with E-state index in [0.717, 1.165) is 17.8 Å². The number of carbonyl (C=O) groups is 2. The molecule has 21 heavy (non-hydrogen) atoms. The topological polar surface area (TPSA) is 84.2 Å². The number of fused-ring (bicyclic) bond motifs is 1. The van der Waals surface area contributed by atoms with Crippen LogP contribution in [-0.4, -0.2) is 33.1 Å². The minimum absolute atomic E-state index is 0.0619. The van der Waals surface area contributed by atoms with Crippen molar-refractivity contribution in [1.29, 1.82) is 0 Å². The van der Waals surface area contributed by atoms with E-state index in [1.165, 1.54) is 12.1 Å². The van der Waals surface area contributed by atoms with Crippen molar-refractivity contribution < 1.29 is 14.7 Å². The van der Waals surface area contributed by atoms with Crippen LogP contribution in [0.1, 0.15) is 36.5 Å². The van der Waals surface area contributed by atoms with Gasteiger partial charge in [0.2, 0.25) is 5.91 Å². The molecule has 0 atom stereocenters. The number of nitrogens with zero attached hydrogens (tertiary/aromatic N) is 2. The Kier molecular flexibility index (Phi) is 4.57. The molecule has 2 N–H and O–H groups in total. The molecule has 0 aliphatic rings. The van der Waals surface area contributed by atoms with Gasteiger partial charge in [-0.1, -0.05) is 13.8 Å². The largest absolute Gasteiger partial charge is 0.478 e. The first-order chi connectivity index (χ1) is 10.1. The molecule has 0 aliphatic carbocycles. The number of aryl methyl sites for hydroxylation is 1. The summed E-state index contributed by atoms with van der Waals surface area (Å²) in [7, 11) is 0. The van der Waals surface area contributed by atoms with Crippen LogP contribution < -0.4 is 5.32 Å². The first kappa shape index (κ1) is 15.0. The van der Waals surface area contributed by atoms with E-state index in [0.29, 0.717) is 18.5 Å². The molecule has 0 radical (unpaired) electrons. The van der Waals surface area contributed by atoms with Crippen LogP contribution >= 0.6 is 0 Å². The standard InChI is InChI=1S/C15H19N3O3/c1-3-7-16-14(19)9-18-12-6-5-10(15(20)21)8-11(12)17-13(18)4-2/h5-6,8H,3-4,7,9H2,1-2H3,(H,16,19)(H,20,21). The van der Waals surface area contributed by atoms with Crippen LogP contribution in [0.15, 0.2) is 18.2 Å². The van der Waals surface area contributed by atoms with Gasteiger partial charge in [-0.05, 0) is 24.6 Å². The predicted octanol–water partition coefficient (Wildman–Crippen LogP) is 1.82. The summed E-state index contributed by atoms with van der Waals surface area (Å²) in [4.78, 5) is 27.3. The van der Waals surface area contributed by atoms with Gasteiger partial charge in [0.15, 0.2) is 0 Å². The molecule has 1 heterocycles. The number of hydrogen-bond donors (Lipinski definition) is 2. The van der Waals surface area contributed by atoms with Gasteiger partial charge in [0.05, 0.1) is 16.6 Å². The second-order valence-corrected chi connectivity index (χ2v) is 4.83. The average molecular weight is 289 g/mol. The first-order valence-electron chi connectivity index (χ1n) is 7.06. The third-order valence-electron chi connectivity index (χ3n) is 3.26. The summed E-state index contributed by atoms with van der Waals surface area (Å²) < 4.78 is 1.84. The molecule has 0 bridgehead atoms. The van der Waals surface area contributed by atoms with Gasteiger partial charge < -0.3 is 15.0 Å². The molecule has 0 saturated carbocycles. The first-order valence-corrected chi connectivity index (χ1v) is 7.06. The number of carboxylic acids is 1. The van der Waals surface area contributed by atoms with Crippen molar-refractivity contribution >= 4 is 22.9 Å². The molecule has 112 valence electrons. The van der Waals surface area contributed by atoms with Gasteiger partial charge in [0.25, 0.3) is 0 Å². The molecule has 6 nitrogen and oxygen atoms in total. The second-order valence-electron chi connectivity index (χ2n) is 4.83. The fourth-order valence-corrected chi connectivity index (χ4v) is 2.22. The molecule has 0 fully saturated rings. The third kappa shape index (κ3) is 3.21. The quantitative estimate of drug-likeness (QED) is 0.849. The van der Waals surface area contributed by atoms with Crippen molar-refractivity contribution in [1.82, 2.24) is 14.9 Å². The van der Waals surface area contributed by atoms with Gasteiger partial charge in [-0.2, -0.15) is 0 Å². The molecule has 2 rings (SSSR count). The fourth-order valence-electron chi connectivity index (χ4n) is 2.22. The molecular weight excluding hydrogens is 270 g/mol. The Bertz CT molecular complexity index is 676. The smallest absolute Gasteiger partial charge is 0.335 e. The summed E-state index contributed by atoms with van der Waals surface area (Å²) in [5.41, 5.74) is 1.59. The molecule has 1 amide bonds. The van der Waals surface area contributed by atoms with E-state index in [-0.39, 0.29) is 18.0 Å². The number of aromatic nitrogens is 2. The molecule has 2 aromatic rings. The number of rotatable bonds is 6. The van der Waals surface area contributed by atoms with E-state index < -0.39 is 5.97 Å². The van der Waals surface area contributed by atoms with Crippen molar-refractivity contribution in [2.24, 2.45) is 0 Å². The predicted molar refractivity (Wildman–Crippen MR) is 79.4 cm³/mol. The van der Waals surface area contributed by atoms with E-state index in [9.17, 15) is 9.59 Å². The number of aromatic carboxylic acids is 1. The van der Waals surface area contributed by atoms with Crippen LogP contribution in [0.5, 0.6) is 0 Å². The minimum atomic E-state index is -0.981. The lowest BCUT2D eigenvalue weighted by Crippen LogP contribution is -2.28. The van der Waals surface area contributed by atoms with Crippen molar-refractivity contribution in [2.75, 3.05) is 6.54 Å². The molecule has 0 saturated heterocycles. The van der Waals surface area contributed by atoms with Gasteiger partial charge in [-0.25, -0.2) is 9.78 Å². The number of nitrogens with one attached hydrogen (secondary N) is 1. The van der Waals surface area contributed by atoms with Gasteiger partial charge in [-0.15, -0.1) is 0 Å². The van der Waals surface area contributed by atoms with Crippen molar-refractivity contribution in [3.05, 3.63) is 29.6 Å². The average Bonchev–Trinajstić information content (AvgIpc) is 2.82. The lowest BCUT2D eigenvalue weighted by molar-refractivity contribution is -0.121. The normalized spacial score (nSPS) is 10.8. The van der Waals surface area contributed by atoms with Crippen LogP contribution in [0.2, 0.25) is 0 Å². The number of hydrogen-bond acceptors (Lipinski definition) is 3. The number of carboxylic acid groups (broad SMARTS) is 1. The van der Waals surface area contributed by atoms with Gasteiger partial charge in [0, 0.05) is 13.0 Å². The highest BCUT2D eigenvalue weighted by Gasteiger charge is 2.14. The van der Waals surface area contributed by atoms with Crippen LogP contribution in [0.3, 0.4) is 0 Å². The summed E-state index contributed by atoms with van der Waals surface area (Å²) in [6.45, 7) is 4.81. The van der Waals surface area contributed by atoms with E-state index in [4.69, 9.17) is 5.11 Å². The Morgan fingerprint density at radius 2 is 2.10 bits per heavy atom. The Labute approximate surface area is 122 Å². The van der Waals surface area contributed by atoms with Crippen LogP contribution in [0.25, 0.3) is 11.0 Å². The highest BCUT2D eigenvalue weighted by molar-refractivity contribution is 5.92. The molecule has 1 aromatic heterocycles. The Balaban J connectivity index is 2.37. The Hall–Kier alpha value is -2.37. The van der Waals surface area contributed by atoms with Crippen molar-refractivity contribution in [3.63, 3.8) is 0 Å². The number of amides is 1. The third-order valence-corrected chi connectivity index (χ3v) is 3.26. The minimum Gasteiger partial charge on any atom is -0.478 e. The number of imidazole rings is 1. The molecule has 6 heteroatoms. The second kappa shape index (κ2) is 6.39. The number of benzene rings is 1. The van der Waals surface area contributed by atoms with E-state index in [1.54, 1.807) is 6.07 Å². The van der Waals surface area contributed by atoms with Crippen LogP contribution in [0, 0.1) is 0 Å². The van der Waals surface area contributed by atoms with Gasteiger partial charge >= 0.3 is 5.97 Å². The van der Waals surface area contributed by atoms with Crippen molar-refractivity contribution in [3.8, 4) is 0 Å². The zero-order valence-electron chi connectivity index (χ0n) is 12.2. The maximum absolute atomic E-state index is 11.9. The van der Waals surface area contributed by atoms with E-state index in [1.807, 2.05) is 18.4 Å². The lowest BCUT2D eigenvalue weighted by Gasteiger charge is -2.08. The molecular formula is C15H19N3O3. The summed E-state index contributed by atoms with van der Waals surface area (Å²) >= 11 is 0. The molecule has 0 unspecified atom stereocenters. The van der Waals surface area contributed by atoms with E-state index >= 15 is 0 Å². The monoisotopic (exact) mass is 289 g/mol. The maximum Gasteiger partial charge on any atom is 0.335 e. The number of carbonyl (C=O) groups excluding carboxylic acids is 1. The van der Waals surface area contributed by atoms with Gasteiger partial charge in [-0.3, -0.25) is 4.79 Å². The molecule has 0 aliphatic heterocycles. The summed E-state index contributed by atoms with van der Waals surface area (Å²) in [5, 5.41) is 11.9. The van der Waals surface area contributed by atoms with Crippen LogP contribution in [0.4, 0.5) is 0 Å². The Morgan fingerprint density at radius 3 is 2.71 bits per heavy atom. The summed E-state index contributed by atoms with van der Waals surface area (Å²) in [6.07, 6.45) is 1.57. The maximum atomic E-state index is 11.9. The lowest BCUT2D eigenvalue weighted by atomic mass is 10.2. The molecule has 0 spiro atoms. The SMILES string of the molecule is CCCNC(=O)Cn1c(CC)nc2cc(C(=O)O)ccc21.